The molecule has 4 aromatic rings. The van der Waals surface area contributed by atoms with Gasteiger partial charge in [-0.15, -0.1) is 5.10 Å². The van der Waals surface area contributed by atoms with Gasteiger partial charge in [-0.25, -0.2) is 4.39 Å². The summed E-state index contributed by atoms with van der Waals surface area (Å²) in [6, 6.07) is 9.81. The first-order valence-corrected chi connectivity index (χ1v) is 12.5. The molecule has 1 aliphatic rings. The number of aliphatic hydroxyl groups excluding tert-OH is 1. The number of amides is 1. The van der Waals surface area contributed by atoms with Crippen LogP contribution in [-0.4, -0.2) is 38.3 Å². The average Bonchev–Trinajstić information content (AvgIpc) is 3.34. The Kier molecular flexibility index (Phi) is 7.06. The van der Waals surface area contributed by atoms with Gasteiger partial charge in [0.1, 0.15) is 18.2 Å². The molecule has 1 unspecified atom stereocenters. The molecule has 0 saturated carbocycles. The zero-order valence-corrected chi connectivity index (χ0v) is 21.0. The SMILES string of the molecule is COc1cccc(F)c1-c1cc(C)ncc1C(=O)Nc1nnc(OCc2ccc3c(n2)CCCC3O)s1. The van der Waals surface area contributed by atoms with Crippen molar-refractivity contribution in [2.45, 2.75) is 38.9 Å². The first-order valence-electron chi connectivity index (χ1n) is 11.7. The molecular weight excluding hydrogens is 497 g/mol. The second kappa shape index (κ2) is 10.6. The van der Waals surface area contributed by atoms with Crippen molar-refractivity contribution in [1.82, 2.24) is 20.2 Å². The molecule has 1 amide bonds. The number of carbonyl (C=O) groups excluding carboxylic acids is 1. The van der Waals surface area contributed by atoms with Gasteiger partial charge in [-0.05, 0) is 61.8 Å². The Balaban J connectivity index is 1.31. The number of benzene rings is 1. The number of aryl methyl sites for hydroxylation is 2. The third-order valence-electron chi connectivity index (χ3n) is 6.04. The van der Waals surface area contributed by atoms with E-state index in [0.29, 0.717) is 22.7 Å². The van der Waals surface area contributed by atoms with Crippen LogP contribution < -0.4 is 14.8 Å². The zero-order valence-electron chi connectivity index (χ0n) is 20.2. The maximum atomic E-state index is 14.8. The van der Waals surface area contributed by atoms with Crippen molar-refractivity contribution < 1.29 is 23.8 Å². The molecular formula is C26H24FN5O4S. The van der Waals surface area contributed by atoms with Gasteiger partial charge in [-0.1, -0.05) is 17.2 Å². The van der Waals surface area contributed by atoms with Crippen LogP contribution in [0.3, 0.4) is 0 Å². The van der Waals surface area contributed by atoms with E-state index >= 15 is 0 Å². The monoisotopic (exact) mass is 521 g/mol. The minimum absolute atomic E-state index is 0.159. The number of nitrogens with one attached hydrogen (secondary N) is 1. The molecule has 37 heavy (non-hydrogen) atoms. The van der Waals surface area contributed by atoms with Crippen LogP contribution in [0.5, 0.6) is 10.9 Å². The molecule has 0 aliphatic heterocycles. The third-order valence-corrected chi connectivity index (χ3v) is 6.79. The van der Waals surface area contributed by atoms with E-state index in [4.69, 9.17) is 9.47 Å². The van der Waals surface area contributed by atoms with E-state index in [2.05, 4.69) is 25.5 Å². The van der Waals surface area contributed by atoms with Crippen molar-refractivity contribution in [2.75, 3.05) is 12.4 Å². The summed E-state index contributed by atoms with van der Waals surface area (Å²) in [4.78, 5) is 21.9. The normalized spacial score (nSPS) is 14.6. The standard InChI is InChI=1S/C26H24FN5O4S/c1-14-11-17(23-19(27)5-3-8-22(23)35-2)18(12-28-14)24(34)30-25-31-32-26(37-25)36-13-15-9-10-16-20(29-15)6-4-7-21(16)33/h3,5,8-12,21,33H,4,6-7,13H2,1-2H3,(H,30,31,34). The number of aromatic nitrogens is 4. The van der Waals surface area contributed by atoms with E-state index in [9.17, 15) is 14.3 Å². The zero-order chi connectivity index (χ0) is 25.9. The van der Waals surface area contributed by atoms with Crippen molar-refractivity contribution in [3.8, 4) is 22.1 Å². The van der Waals surface area contributed by atoms with Crippen LogP contribution in [0.1, 0.15) is 51.9 Å². The fourth-order valence-corrected chi connectivity index (χ4v) is 4.85. The maximum absolute atomic E-state index is 14.8. The van der Waals surface area contributed by atoms with Crippen LogP contribution in [0.25, 0.3) is 11.1 Å². The summed E-state index contributed by atoms with van der Waals surface area (Å²) in [5.74, 6) is -0.738. The Labute approximate surface area is 216 Å². The van der Waals surface area contributed by atoms with Gasteiger partial charge in [0.05, 0.1) is 30.0 Å². The largest absolute Gasteiger partial charge is 0.496 e. The van der Waals surface area contributed by atoms with Crippen molar-refractivity contribution in [3.05, 3.63) is 76.6 Å². The number of hydrogen-bond acceptors (Lipinski definition) is 9. The van der Waals surface area contributed by atoms with Gasteiger partial charge >= 0.3 is 0 Å². The second-order valence-corrected chi connectivity index (χ2v) is 9.49. The first kappa shape index (κ1) is 24.7. The van der Waals surface area contributed by atoms with Gasteiger partial charge in [-0.3, -0.25) is 20.1 Å². The molecule has 1 atom stereocenters. The lowest BCUT2D eigenvalue weighted by molar-refractivity contribution is 0.102. The Morgan fingerprint density at radius 3 is 2.97 bits per heavy atom. The Morgan fingerprint density at radius 1 is 1.27 bits per heavy atom. The van der Waals surface area contributed by atoms with Crippen LogP contribution in [0.4, 0.5) is 9.52 Å². The first-order chi connectivity index (χ1) is 17.9. The number of methoxy groups -OCH3 is 1. The van der Waals surface area contributed by atoms with Crippen LogP contribution >= 0.6 is 11.3 Å². The number of hydrogen-bond donors (Lipinski definition) is 2. The fraction of sp³-hybridized carbons (Fsp3) is 0.269. The summed E-state index contributed by atoms with van der Waals surface area (Å²) in [7, 11) is 1.44. The number of carbonyl (C=O) groups is 1. The highest BCUT2D eigenvalue weighted by Gasteiger charge is 2.22. The summed E-state index contributed by atoms with van der Waals surface area (Å²) in [6.45, 7) is 1.93. The highest BCUT2D eigenvalue weighted by molar-refractivity contribution is 7.17. The van der Waals surface area contributed by atoms with E-state index < -0.39 is 17.8 Å². The van der Waals surface area contributed by atoms with E-state index in [0.717, 1.165) is 41.9 Å². The van der Waals surface area contributed by atoms with Gasteiger partial charge < -0.3 is 14.6 Å². The number of rotatable bonds is 7. The van der Waals surface area contributed by atoms with Crippen LogP contribution in [0.2, 0.25) is 0 Å². The van der Waals surface area contributed by atoms with Crippen LogP contribution in [0, 0.1) is 12.7 Å². The number of halogens is 1. The molecule has 11 heteroatoms. The lowest BCUT2D eigenvalue weighted by Crippen LogP contribution is -2.14. The molecule has 0 fully saturated rings. The van der Waals surface area contributed by atoms with Crippen LogP contribution in [-0.2, 0) is 13.0 Å². The van der Waals surface area contributed by atoms with Crippen LogP contribution in [0.15, 0.2) is 42.6 Å². The van der Waals surface area contributed by atoms with Gasteiger partial charge in [0.25, 0.3) is 11.1 Å². The highest BCUT2D eigenvalue weighted by Crippen LogP contribution is 2.35. The van der Waals surface area contributed by atoms with E-state index in [1.165, 1.54) is 25.4 Å². The number of ether oxygens (including phenoxy) is 2. The highest BCUT2D eigenvalue weighted by atomic mass is 32.1. The van der Waals surface area contributed by atoms with E-state index in [-0.39, 0.29) is 28.1 Å². The molecule has 0 spiro atoms. The fourth-order valence-electron chi connectivity index (χ4n) is 4.26. The van der Waals surface area contributed by atoms with E-state index in [1.54, 1.807) is 19.1 Å². The molecule has 3 heterocycles. The summed E-state index contributed by atoms with van der Waals surface area (Å²) >= 11 is 1.06. The van der Waals surface area contributed by atoms with Gasteiger partial charge in [0.15, 0.2) is 0 Å². The van der Waals surface area contributed by atoms with Gasteiger partial charge in [0.2, 0.25) is 5.13 Å². The Hall–Kier alpha value is -3.96. The number of nitrogens with zero attached hydrogens (tertiary/aromatic N) is 4. The molecule has 1 aliphatic carbocycles. The third kappa shape index (κ3) is 5.27. The topological polar surface area (TPSA) is 119 Å². The second-order valence-electron chi connectivity index (χ2n) is 8.55. The number of fused-ring (bicyclic) bond motifs is 1. The molecule has 2 N–H and O–H groups in total. The van der Waals surface area contributed by atoms with Crippen molar-refractivity contribution in [3.63, 3.8) is 0 Å². The summed E-state index contributed by atoms with van der Waals surface area (Å²) in [5, 5.41) is 21.2. The number of aliphatic hydroxyl groups is 1. The van der Waals surface area contributed by atoms with Crippen molar-refractivity contribution >= 4 is 22.4 Å². The van der Waals surface area contributed by atoms with Crippen molar-refractivity contribution in [1.29, 1.82) is 0 Å². The lowest BCUT2D eigenvalue weighted by atomic mass is 9.93. The predicted molar refractivity (Wildman–Crippen MR) is 135 cm³/mol. The molecule has 1 aromatic carbocycles. The maximum Gasteiger partial charge on any atom is 0.296 e. The number of anilines is 1. The molecule has 190 valence electrons. The minimum Gasteiger partial charge on any atom is -0.496 e. The number of pyridine rings is 2. The van der Waals surface area contributed by atoms with Crippen molar-refractivity contribution in [2.24, 2.45) is 0 Å². The van der Waals surface area contributed by atoms with E-state index in [1.807, 2.05) is 12.1 Å². The molecule has 0 bridgehead atoms. The quantitative estimate of drug-likeness (QED) is 0.361. The summed E-state index contributed by atoms with van der Waals surface area (Å²) < 4.78 is 25.8. The smallest absolute Gasteiger partial charge is 0.296 e. The average molecular weight is 522 g/mol. The minimum atomic E-state index is -0.523. The molecule has 5 rings (SSSR count). The summed E-state index contributed by atoms with van der Waals surface area (Å²) in [5.41, 5.74) is 3.77. The Morgan fingerprint density at radius 2 is 2.14 bits per heavy atom. The molecule has 0 radical (unpaired) electrons. The van der Waals surface area contributed by atoms with Gasteiger partial charge in [0, 0.05) is 28.7 Å². The molecule has 0 saturated heterocycles. The van der Waals surface area contributed by atoms with Gasteiger partial charge in [-0.2, -0.15) is 0 Å². The summed E-state index contributed by atoms with van der Waals surface area (Å²) in [6.07, 6.45) is 3.39. The molecule has 9 nitrogen and oxygen atoms in total. The Bertz CT molecular complexity index is 1460. The lowest BCUT2D eigenvalue weighted by Gasteiger charge is -2.20. The predicted octanol–water partition coefficient (Wildman–Crippen LogP) is 4.65. The molecule has 3 aromatic heterocycles.